The Morgan fingerprint density at radius 1 is 1.24 bits per heavy atom. The van der Waals surface area contributed by atoms with Gasteiger partial charge >= 0.3 is 0 Å². The number of nitrogens with zero attached hydrogens (tertiary/aromatic N) is 1. The van der Waals surface area contributed by atoms with Crippen LogP contribution in [0.5, 0.6) is 0 Å². The zero-order valence-electron chi connectivity index (χ0n) is 12.7. The highest BCUT2D eigenvalue weighted by Crippen LogP contribution is 2.33. The number of carbonyl (C=O) groups is 1. The van der Waals surface area contributed by atoms with Crippen LogP contribution in [0, 0.1) is 6.92 Å². The van der Waals surface area contributed by atoms with Gasteiger partial charge < -0.3 is 10.2 Å². The number of para-hydroxylation sites is 1. The highest BCUT2D eigenvalue weighted by atomic mass is 16.2. The molecule has 1 unspecified atom stereocenters. The van der Waals surface area contributed by atoms with Crippen molar-refractivity contribution in [2.75, 3.05) is 17.3 Å². The van der Waals surface area contributed by atoms with Gasteiger partial charge in [-0.1, -0.05) is 18.2 Å². The van der Waals surface area contributed by atoms with E-state index in [1.165, 1.54) is 5.56 Å². The molecule has 108 valence electrons. The number of anilines is 2. The smallest absolute Gasteiger partial charge is 0.258 e. The number of hydrogen-bond acceptors (Lipinski definition) is 2. The molecule has 2 aromatic rings. The van der Waals surface area contributed by atoms with Crippen molar-refractivity contribution in [1.29, 1.82) is 0 Å². The maximum atomic E-state index is 12.9. The Balaban J connectivity index is 1.99. The fourth-order valence-corrected chi connectivity index (χ4v) is 3.06. The van der Waals surface area contributed by atoms with E-state index in [4.69, 9.17) is 0 Å². The van der Waals surface area contributed by atoms with Crippen molar-refractivity contribution < 1.29 is 4.79 Å². The first-order valence-electron chi connectivity index (χ1n) is 7.31. The van der Waals surface area contributed by atoms with Gasteiger partial charge in [0.05, 0.1) is 0 Å². The Kier molecular flexibility index (Phi) is 3.42. The van der Waals surface area contributed by atoms with Gasteiger partial charge in [-0.25, -0.2) is 0 Å². The average Bonchev–Trinajstić information content (AvgIpc) is 2.82. The van der Waals surface area contributed by atoms with Crippen molar-refractivity contribution in [3.63, 3.8) is 0 Å². The summed E-state index contributed by atoms with van der Waals surface area (Å²) in [6.07, 6.45) is 0.926. The third-order valence-electron chi connectivity index (χ3n) is 4.17. The Hall–Kier alpha value is -2.29. The quantitative estimate of drug-likeness (QED) is 0.911. The molecule has 1 amide bonds. The number of fused-ring (bicyclic) bond motifs is 1. The van der Waals surface area contributed by atoms with E-state index in [0.717, 1.165) is 28.9 Å². The SMILES string of the molecule is CNc1ccc(C(=O)N2c3ccccc3CC2C)c(C)c1. The maximum absolute atomic E-state index is 12.9. The normalized spacial score (nSPS) is 16.7. The molecule has 0 saturated heterocycles. The van der Waals surface area contributed by atoms with Crippen LogP contribution in [0.15, 0.2) is 42.5 Å². The van der Waals surface area contributed by atoms with Gasteiger partial charge in [-0.15, -0.1) is 0 Å². The summed E-state index contributed by atoms with van der Waals surface area (Å²) in [7, 11) is 1.88. The molecule has 1 heterocycles. The molecule has 3 nitrogen and oxygen atoms in total. The number of nitrogens with one attached hydrogen (secondary N) is 1. The van der Waals surface area contributed by atoms with Crippen molar-refractivity contribution in [2.24, 2.45) is 0 Å². The molecule has 1 N–H and O–H groups in total. The van der Waals surface area contributed by atoms with Crippen molar-refractivity contribution in [3.8, 4) is 0 Å². The summed E-state index contributed by atoms with van der Waals surface area (Å²) >= 11 is 0. The van der Waals surface area contributed by atoms with Crippen LogP contribution in [-0.2, 0) is 6.42 Å². The summed E-state index contributed by atoms with van der Waals surface area (Å²) in [5.41, 5.74) is 5.11. The van der Waals surface area contributed by atoms with Crippen molar-refractivity contribution >= 4 is 17.3 Å². The predicted octanol–water partition coefficient (Wildman–Crippen LogP) is 3.63. The Morgan fingerprint density at radius 3 is 2.71 bits per heavy atom. The molecule has 0 spiro atoms. The van der Waals surface area contributed by atoms with E-state index in [-0.39, 0.29) is 11.9 Å². The molecule has 0 radical (unpaired) electrons. The molecule has 1 aliphatic rings. The number of amides is 1. The lowest BCUT2D eigenvalue weighted by Gasteiger charge is -2.23. The highest BCUT2D eigenvalue weighted by Gasteiger charge is 2.31. The van der Waals surface area contributed by atoms with Crippen LogP contribution in [0.3, 0.4) is 0 Å². The fourth-order valence-electron chi connectivity index (χ4n) is 3.06. The Morgan fingerprint density at radius 2 is 2.00 bits per heavy atom. The Labute approximate surface area is 125 Å². The summed E-state index contributed by atoms with van der Waals surface area (Å²) < 4.78 is 0. The molecule has 0 aromatic heterocycles. The second kappa shape index (κ2) is 5.24. The molecule has 3 rings (SSSR count). The second-order valence-electron chi connectivity index (χ2n) is 5.64. The molecular formula is C18H20N2O. The predicted molar refractivity (Wildman–Crippen MR) is 87.1 cm³/mol. The number of aryl methyl sites for hydroxylation is 1. The summed E-state index contributed by atoms with van der Waals surface area (Å²) in [6, 6.07) is 14.3. The van der Waals surface area contributed by atoms with Crippen molar-refractivity contribution in [3.05, 3.63) is 59.2 Å². The van der Waals surface area contributed by atoms with Gasteiger partial charge in [0.15, 0.2) is 0 Å². The second-order valence-corrected chi connectivity index (χ2v) is 5.64. The zero-order chi connectivity index (χ0) is 15.0. The lowest BCUT2D eigenvalue weighted by molar-refractivity contribution is 0.0981. The van der Waals surface area contributed by atoms with Gasteiger partial charge in [0.1, 0.15) is 0 Å². The molecule has 21 heavy (non-hydrogen) atoms. The molecule has 0 aliphatic carbocycles. The van der Waals surface area contributed by atoms with E-state index in [9.17, 15) is 4.79 Å². The molecular weight excluding hydrogens is 260 g/mol. The van der Waals surface area contributed by atoms with Crippen LogP contribution >= 0.6 is 0 Å². The van der Waals surface area contributed by atoms with Crippen LogP contribution in [0.25, 0.3) is 0 Å². The molecule has 0 bridgehead atoms. The van der Waals surface area contributed by atoms with Gasteiger partial charge in [-0.3, -0.25) is 4.79 Å². The minimum absolute atomic E-state index is 0.0904. The molecule has 0 saturated carbocycles. The topological polar surface area (TPSA) is 32.3 Å². The van der Waals surface area contributed by atoms with Gasteiger partial charge in [0, 0.05) is 30.0 Å². The minimum Gasteiger partial charge on any atom is -0.388 e. The zero-order valence-corrected chi connectivity index (χ0v) is 12.7. The average molecular weight is 280 g/mol. The summed E-state index contributed by atoms with van der Waals surface area (Å²) in [5.74, 6) is 0.0904. The van der Waals surface area contributed by atoms with Gasteiger partial charge in [0.2, 0.25) is 0 Å². The number of carbonyl (C=O) groups excluding carboxylic acids is 1. The van der Waals surface area contributed by atoms with E-state index >= 15 is 0 Å². The van der Waals surface area contributed by atoms with E-state index < -0.39 is 0 Å². The lowest BCUT2D eigenvalue weighted by atomic mass is 10.1. The third-order valence-corrected chi connectivity index (χ3v) is 4.17. The largest absolute Gasteiger partial charge is 0.388 e. The third kappa shape index (κ3) is 2.29. The maximum Gasteiger partial charge on any atom is 0.258 e. The first-order valence-corrected chi connectivity index (χ1v) is 7.31. The molecule has 1 aliphatic heterocycles. The number of benzene rings is 2. The summed E-state index contributed by atoms with van der Waals surface area (Å²) in [6.45, 7) is 4.09. The fraction of sp³-hybridized carbons (Fsp3) is 0.278. The Bertz CT molecular complexity index is 693. The summed E-state index contributed by atoms with van der Waals surface area (Å²) in [4.78, 5) is 14.9. The number of rotatable bonds is 2. The monoisotopic (exact) mass is 280 g/mol. The first kappa shape index (κ1) is 13.7. The van der Waals surface area contributed by atoms with Crippen molar-refractivity contribution in [2.45, 2.75) is 26.3 Å². The van der Waals surface area contributed by atoms with Gasteiger partial charge in [-0.2, -0.15) is 0 Å². The lowest BCUT2D eigenvalue weighted by Crippen LogP contribution is -2.36. The van der Waals surface area contributed by atoms with E-state index in [0.29, 0.717) is 0 Å². The van der Waals surface area contributed by atoms with E-state index in [1.54, 1.807) is 0 Å². The molecule has 0 fully saturated rings. The van der Waals surface area contributed by atoms with Crippen LogP contribution in [-0.4, -0.2) is 19.0 Å². The van der Waals surface area contributed by atoms with Crippen LogP contribution in [0.1, 0.15) is 28.4 Å². The van der Waals surface area contributed by atoms with E-state index in [2.05, 4.69) is 18.3 Å². The number of hydrogen-bond donors (Lipinski definition) is 1. The van der Waals surface area contributed by atoms with Crippen LogP contribution < -0.4 is 10.2 Å². The highest BCUT2D eigenvalue weighted by molar-refractivity contribution is 6.08. The van der Waals surface area contributed by atoms with Crippen LogP contribution in [0.4, 0.5) is 11.4 Å². The van der Waals surface area contributed by atoms with Crippen LogP contribution in [0.2, 0.25) is 0 Å². The van der Waals surface area contributed by atoms with Crippen molar-refractivity contribution in [1.82, 2.24) is 0 Å². The summed E-state index contributed by atoms with van der Waals surface area (Å²) in [5, 5.41) is 3.10. The minimum atomic E-state index is 0.0904. The standard InChI is InChI=1S/C18H20N2O/c1-12-10-15(19-3)8-9-16(12)18(21)20-13(2)11-14-6-4-5-7-17(14)20/h4-10,13,19H,11H2,1-3H3. The van der Waals surface area contributed by atoms with Gasteiger partial charge in [-0.05, 0) is 55.7 Å². The molecule has 2 aromatic carbocycles. The van der Waals surface area contributed by atoms with E-state index in [1.807, 2.05) is 55.3 Å². The molecule has 1 atom stereocenters. The van der Waals surface area contributed by atoms with Gasteiger partial charge in [0.25, 0.3) is 5.91 Å². The molecule has 3 heteroatoms. The first-order chi connectivity index (χ1) is 10.1.